The lowest BCUT2D eigenvalue weighted by Gasteiger charge is -2.32. The first-order valence-corrected chi connectivity index (χ1v) is 7.84. The third-order valence-electron chi connectivity index (χ3n) is 4.68. The number of nitrogens with one attached hydrogen (secondary N) is 1. The van der Waals surface area contributed by atoms with Crippen molar-refractivity contribution in [3.63, 3.8) is 0 Å². The number of amides is 1. The average Bonchev–Trinajstić information content (AvgIpc) is 2.80. The van der Waals surface area contributed by atoms with Crippen LogP contribution in [-0.4, -0.2) is 22.9 Å². The number of hydrogen-bond acceptors (Lipinski definition) is 3. The molecule has 1 saturated heterocycles. The molecule has 0 aromatic carbocycles. The highest BCUT2D eigenvalue weighted by Crippen LogP contribution is 2.47. The Kier molecular flexibility index (Phi) is 2.33. The lowest BCUT2D eigenvalue weighted by Crippen LogP contribution is -2.37. The van der Waals surface area contributed by atoms with E-state index in [2.05, 4.69) is 27.0 Å². The molecule has 1 unspecified atom stereocenters. The number of thiophene rings is 1. The fourth-order valence-corrected chi connectivity index (χ4v) is 3.79. The summed E-state index contributed by atoms with van der Waals surface area (Å²) in [7, 11) is 0. The van der Waals surface area contributed by atoms with Crippen LogP contribution >= 0.6 is 11.3 Å². The SMILES string of the molecule is O=C1N(CC2CCC2)C(c2ccsc2)NC12CC2. The van der Waals surface area contributed by atoms with Gasteiger partial charge in [0.1, 0.15) is 11.7 Å². The topological polar surface area (TPSA) is 32.3 Å². The molecule has 1 aromatic heterocycles. The molecule has 96 valence electrons. The molecule has 3 nitrogen and oxygen atoms in total. The Hall–Kier alpha value is -0.870. The van der Waals surface area contributed by atoms with Crippen molar-refractivity contribution in [2.24, 2.45) is 5.92 Å². The largest absolute Gasteiger partial charge is 0.321 e. The van der Waals surface area contributed by atoms with Gasteiger partial charge in [-0.2, -0.15) is 11.3 Å². The summed E-state index contributed by atoms with van der Waals surface area (Å²) in [5.41, 5.74) is 1.08. The minimum atomic E-state index is -0.184. The average molecular weight is 262 g/mol. The molecule has 1 N–H and O–H groups in total. The summed E-state index contributed by atoms with van der Waals surface area (Å²) >= 11 is 1.71. The molecule has 2 heterocycles. The van der Waals surface area contributed by atoms with Crippen LogP contribution in [0.25, 0.3) is 0 Å². The second-order valence-electron chi connectivity index (χ2n) is 5.94. The molecule has 3 fully saturated rings. The molecule has 2 saturated carbocycles. The van der Waals surface area contributed by atoms with Gasteiger partial charge < -0.3 is 4.90 Å². The van der Waals surface area contributed by atoms with Crippen molar-refractivity contribution in [3.05, 3.63) is 22.4 Å². The molecule has 1 aliphatic heterocycles. The van der Waals surface area contributed by atoms with Crippen LogP contribution in [0.1, 0.15) is 43.8 Å². The first-order valence-electron chi connectivity index (χ1n) is 6.89. The van der Waals surface area contributed by atoms with Crippen molar-refractivity contribution in [2.75, 3.05) is 6.54 Å². The van der Waals surface area contributed by atoms with Gasteiger partial charge in [-0.05, 0) is 54.0 Å². The van der Waals surface area contributed by atoms with Gasteiger partial charge in [0.05, 0.1) is 0 Å². The zero-order valence-electron chi connectivity index (χ0n) is 10.4. The predicted octanol–water partition coefficient (Wildman–Crippen LogP) is 2.51. The summed E-state index contributed by atoms with van der Waals surface area (Å²) < 4.78 is 0. The van der Waals surface area contributed by atoms with Gasteiger partial charge in [0.25, 0.3) is 0 Å². The maximum absolute atomic E-state index is 12.5. The maximum atomic E-state index is 12.5. The molecule has 0 radical (unpaired) electrons. The van der Waals surface area contributed by atoms with Crippen molar-refractivity contribution >= 4 is 17.2 Å². The van der Waals surface area contributed by atoms with Crippen LogP contribution in [0.3, 0.4) is 0 Å². The van der Waals surface area contributed by atoms with Crippen LogP contribution in [-0.2, 0) is 4.79 Å². The van der Waals surface area contributed by atoms with E-state index in [-0.39, 0.29) is 11.7 Å². The van der Waals surface area contributed by atoms with E-state index in [0.717, 1.165) is 25.3 Å². The highest BCUT2D eigenvalue weighted by atomic mass is 32.1. The van der Waals surface area contributed by atoms with E-state index >= 15 is 0 Å². The molecule has 1 spiro atoms. The molecular formula is C14H18N2OS. The van der Waals surface area contributed by atoms with Crippen molar-refractivity contribution in [1.29, 1.82) is 0 Å². The van der Waals surface area contributed by atoms with E-state index in [9.17, 15) is 4.79 Å². The highest BCUT2D eigenvalue weighted by Gasteiger charge is 2.59. The molecule has 4 heteroatoms. The number of rotatable bonds is 3. The monoisotopic (exact) mass is 262 g/mol. The van der Waals surface area contributed by atoms with E-state index in [1.54, 1.807) is 11.3 Å². The fourth-order valence-electron chi connectivity index (χ4n) is 3.11. The Morgan fingerprint density at radius 3 is 2.83 bits per heavy atom. The molecule has 4 rings (SSSR count). The number of hydrogen-bond donors (Lipinski definition) is 1. The van der Waals surface area contributed by atoms with Gasteiger partial charge in [-0.1, -0.05) is 6.42 Å². The lowest BCUT2D eigenvalue weighted by atomic mass is 9.85. The summed E-state index contributed by atoms with van der Waals surface area (Å²) in [6.45, 7) is 0.952. The van der Waals surface area contributed by atoms with Crippen LogP contribution in [0.5, 0.6) is 0 Å². The van der Waals surface area contributed by atoms with E-state index < -0.39 is 0 Å². The molecule has 3 aliphatic rings. The Balaban J connectivity index is 1.60. The highest BCUT2D eigenvalue weighted by molar-refractivity contribution is 7.07. The smallest absolute Gasteiger partial charge is 0.244 e. The zero-order valence-corrected chi connectivity index (χ0v) is 11.2. The summed E-state index contributed by atoms with van der Waals surface area (Å²) in [6.07, 6.45) is 6.11. The summed E-state index contributed by atoms with van der Waals surface area (Å²) in [5.74, 6) is 1.09. The van der Waals surface area contributed by atoms with Crippen molar-refractivity contribution in [2.45, 2.75) is 43.8 Å². The van der Waals surface area contributed by atoms with Crippen LogP contribution in [0.15, 0.2) is 16.8 Å². The van der Waals surface area contributed by atoms with E-state index in [1.807, 2.05) is 0 Å². The minimum absolute atomic E-state index is 0.131. The molecule has 2 aliphatic carbocycles. The number of carbonyl (C=O) groups excluding carboxylic acids is 1. The minimum Gasteiger partial charge on any atom is -0.321 e. The van der Waals surface area contributed by atoms with Crippen molar-refractivity contribution in [3.8, 4) is 0 Å². The van der Waals surface area contributed by atoms with Gasteiger partial charge in [-0.3, -0.25) is 10.1 Å². The van der Waals surface area contributed by atoms with Gasteiger partial charge in [-0.15, -0.1) is 0 Å². The maximum Gasteiger partial charge on any atom is 0.244 e. The predicted molar refractivity (Wildman–Crippen MR) is 71.2 cm³/mol. The first-order chi connectivity index (χ1) is 8.78. The molecule has 0 bridgehead atoms. The Labute approximate surface area is 111 Å². The van der Waals surface area contributed by atoms with Gasteiger partial charge in [-0.25, -0.2) is 0 Å². The standard InChI is InChI=1S/C14H18N2OS/c17-13-14(5-6-14)15-12(11-4-7-18-9-11)16(13)8-10-2-1-3-10/h4,7,9-10,12,15H,1-3,5-6,8H2. The van der Waals surface area contributed by atoms with Crippen LogP contribution < -0.4 is 5.32 Å². The van der Waals surface area contributed by atoms with Crippen molar-refractivity contribution in [1.82, 2.24) is 10.2 Å². The number of nitrogens with zero attached hydrogens (tertiary/aromatic N) is 1. The second-order valence-corrected chi connectivity index (χ2v) is 6.72. The van der Waals surface area contributed by atoms with E-state index in [1.165, 1.54) is 24.8 Å². The van der Waals surface area contributed by atoms with Crippen LogP contribution in [0.2, 0.25) is 0 Å². The molecule has 1 atom stereocenters. The van der Waals surface area contributed by atoms with Gasteiger partial charge >= 0.3 is 0 Å². The molecule has 1 aromatic rings. The Bertz CT molecular complexity index is 462. The van der Waals surface area contributed by atoms with E-state index in [4.69, 9.17) is 0 Å². The lowest BCUT2D eigenvalue weighted by molar-refractivity contribution is -0.131. The number of carbonyl (C=O) groups is 1. The van der Waals surface area contributed by atoms with Crippen molar-refractivity contribution < 1.29 is 4.79 Å². The second kappa shape index (κ2) is 3.81. The molecule has 1 amide bonds. The van der Waals surface area contributed by atoms with Crippen LogP contribution in [0.4, 0.5) is 0 Å². The third-order valence-corrected chi connectivity index (χ3v) is 5.38. The van der Waals surface area contributed by atoms with Gasteiger partial charge in [0.2, 0.25) is 5.91 Å². The third kappa shape index (κ3) is 1.55. The normalized spacial score (nSPS) is 29.9. The Morgan fingerprint density at radius 1 is 1.44 bits per heavy atom. The fraction of sp³-hybridized carbons (Fsp3) is 0.643. The Morgan fingerprint density at radius 2 is 2.28 bits per heavy atom. The van der Waals surface area contributed by atoms with Crippen LogP contribution in [0, 0.1) is 5.92 Å². The molecule has 18 heavy (non-hydrogen) atoms. The first kappa shape index (κ1) is 11.0. The quantitative estimate of drug-likeness (QED) is 0.908. The molecular weight excluding hydrogens is 244 g/mol. The van der Waals surface area contributed by atoms with Gasteiger partial charge in [0, 0.05) is 6.54 Å². The summed E-state index contributed by atoms with van der Waals surface area (Å²) in [6, 6.07) is 2.14. The summed E-state index contributed by atoms with van der Waals surface area (Å²) in [5, 5.41) is 7.85. The zero-order chi connectivity index (χ0) is 12.2. The summed E-state index contributed by atoms with van der Waals surface area (Å²) in [4.78, 5) is 14.6. The van der Waals surface area contributed by atoms with Gasteiger partial charge in [0.15, 0.2) is 0 Å². The van der Waals surface area contributed by atoms with E-state index in [0.29, 0.717) is 5.91 Å².